The maximum absolute atomic E-state index is 11.8. The summed E-state index contributed by atoms with van der Waals surface area (Å²) < 4.78 is 7.50. The minimum atomic E-state index is -0.422. The molecule has 0 atom stereocenters. The van der Waals surface area contributed by atoms with Crippen LogP contribution >= 0.6 is 0 Å². The van der Waals surface area contributed by atoms with Crippen molar-refractivity contribution >= 4 is 5.82 Å². The zero-order chi connectivity index (χ0) is 14.5. The van der Waals surface area contributed by atoms with Crippen molar-refractivity contribution in [2.24, 2.45) is 14.1 Å². The minimum Gasteiger partial charge on any atom is -0.379 e. The topological polar surface area (TPSA) is 81.4 Å². The largest absolute Gasteiger partial charge is 0.379 e. The van der Waals surface area contributed by atoms with Gasteiger partial charge in [0.1, 0.15) is 0 Å². The number of nitrogens with one attached hydrogen (secondary N) is 1. The van der Waals surface area contributed by atoms with E-state index in [9.17, 15) is 9.59 Å². The Morgan fingerprint density at radius 1 is 1.25 bits per heavy atom. The molecule has 8 nitrogen and oxygen atoms in total. The molecule has 1 saturated heterocycles. The van der Waals surface area contributed by atoms with Crippen molar-refractivity contribution in [1.29, 1.82) is 0 Å². The van der Waals surface area contributed by atoms with Crippen molar-refractivity contribution in [3.63, 3.8) is 0 Å². The number of rotatable bonds is 5. The Morgan fingerprint density at radius 3 is 2.65 bits per heavy atom. The van der Waals surface area contributed by atoms with Gasteiger partial charge in [0.15, 0.2) is 0 Å². The number of aromatic nitrogens is 3. The van der Waals surface area contributed by atoms with Crippen LogP contribution in [0.25, 0.3) is 0 Å². The van der Waals surface area contributed by atoms with Crippen LogP contribution in [0.3, 0.4) is 0 Å². The van der Waals surface area contributed by atoms with Gasteiger partial charge in [-0.15, -0.1) is 5.10 Å². The predicted octanol–water partition coefficient (Wildman–Crippen LogP) is -1.39. The number of morpholine rings is 1. The van der Waals surface area contributed by atoms with Crippen LogP contribution in [0.1, 0.15) is 6.42 Å². The number of nitrogens with zero attached hydrogens (tertiary/aromatic N) is 4. The van der Waals surface area contributed by atoms with E-state index in [1.165, 1.54) is 14.1 Å². The fraction of sp³-hybridized carbons (Fsp3) is 0.750. The maximum Gasteiger partial charge on any atom is 0.346 e. The fourth-order valence-corrected chi connectivity index (χ4v) is 2.14. The first kappa shape index (κ1) is 14.7. The molecule has 0 saturated carbocycles. The molecule has 1 aliphatic heterocycles. The van der Waals surface area contributed by atoms with Gasteiger partial charge in [-0.25, -0.2) is 9.48 Å². The van der Waals surface area contributed by atoms with Crippen molar-refractivity contribution in [3.05, 3.63) is 20.8 Å². The molecule has 0 spiro atoms. The molecule has 1 aromatic rings. The van der Waals surface area contributed by atoms with Gasteiger partial charge < -0.3 is 10.1 Å². The molecule has 112 valence electrons. The van der Waals surface area contributed by atoms with Gasteiger partial charge in [0, 0.05) is 33.7 Å². The Kier molecular flexibility index (Phi) is 4.91. The van der Waals surface area contributed by atoms with Gasteiger partial charge in [-0.2, -0.15) is 0 Å². The molecule has 0 unspecified atom stereocenters. The summed E-state index contributed by atoms with van der Waals surface area (Å²) >= 11 is 0. The third-order valence-corrected chi connectivity index (χ3v) is 3.37. The van der Waals surface area contributed by atoms with Crippen molar-refractivity contribution < 1.29 is 4.74 Å². The van der Waals surface area contributed by atoms with E-state index in [0.29, 0.717) is 6.54 Å². The summed E-state index contributed by atoms with van der Waals surface area (Å²) in [4.78, 5) is 25.7. The molecule has 0 aliphatic carbocycles. The first-order valence-corrected chi connectivity index (χ1v) is 6.78. The average Bonchev–Trinajstić information content (AvgIpc) is 2.47. The van der Waals surface area contributed by atoms with E-state index in [4.69, 9.17) is 4.74 Å². The first-order chi connectivity index (χ1) is 9.59. The molecular formula is C12H21N5O3. The highest BCUT2D eigenvalue weighted by Crippen LogP contribution is 1.98. The Bertz CT molecular complexity index is 559. The first-order valence-electron chi connectivity index (χ1n) is 6.78. The molecule has 0 radical (unpaired) electrons. The summed E-state index contributed by atoms with van der Waals surface area (Å²) in [6.07, 6.45) is 0.910. The highest BCUT2D eigenvalue weighted by Gasteiger charge is 2.10. The fourth-order valence-electron chi connectivity index (χ4n) is 2.14. The average molecular weight is 283 g/mol. The van der Waals surface area contributed by atoms with Crippen molar-refractivity contribution in [2.75, 3.05) is 44.7 Å². The van der Waals surface area contributed by atoms with Crippen LogP contribution in [0.15, 0.2) is 9.59 Å². The normalized spacial score (nSPS) is 16.3. The van der Waals surface area contributed by atoms with E-state index in [0.717, 1.165) is 48.5 Å². The van der Waals surface area contributed by atoms with Crippen LogP contribution < -0.4 is 16.6 Å². The lowest BCUT2D eigenvalue weighted by Gasteiger charge is -2.26. The smallest absolute Gasteiger partial charge is 0.346 e. The summed E-state index contributed by atoms with van der Waals surface area (Å²) in [5, 5.41) is 6.94. The second-order valence-electron chi connectivity index (χ2n) is 4.85. The van der Waals surface area contributed by atoms with Gasteiger partial charge in [0.25, 0.3) is 5.56 Å². The number of aryl methyl sites for hydroxylation is 1. The SMILES string of the molecule is Cn1nc(NCCCN2CCOCC2)c(=O)n(C)c1=O. The van der Waals surface area contributed by atoms with E-state index in [-0.39, 0.29) is 11.4 Å². The van der Waals surface area contributed by atoms with Crippen LogP contribution in [0.2, 0.25) is 0 Å². The lowest BCUT2D eigenvalue weighted by atomic mass is 10.3. The standard InChI is InChI=1S/C12H21N5O3/c1-15-11(18)10(14-16(2)12(15)19)13-4-3-5-17-6-8-20-9-7-17/h3-9H2,1-2H3,(H,13,14). The third-order valence-electron chi connectivity index (χ3n) is 3.37. The summed E-state index contributed by atoms with van der Waals surface area (Å²) in [6, 6.07) is 0. The summed E-state index contributed by atoms with van der Waals surface area (Å²) in [6.45, 7) is 5.10. The quantitative estimate of drug-likeness (QED) is 0.670. The summed E-state index contributed by atoms with van der Waals surface area (Å²) in [5.74, 6) is 0.219. The van der Waals surface area contributed by atoms with Crippen LogP contribution in [0.4, 0.5) is 5.82 Å². The van der Waals surface area contributed by atoms with Gasteiger partial charge in [-0.05, 0) is 13.0 Å². The number of hydrogen-bond donors (Lipinski definition) is 1. The number of anilines is 1. The van der Waals surface area contributed by atoms with E-state index in [1.807, 2.05) is 0 Å². The molecule has 1 aliphatic rings. The maximum atomic E-state index is 11.8. The van der Waals surface area contributed by atoms with Gasteiger partial charge in [0.2, 0.25) is 5.82 Å². The van der Waals surface area contributed by atoms with E-state index >= 15 is 0 Å². The van der Waals surface area contributed by atoms with Gasteiger partial charge in [-0.3, -0.25) is 14.3 Å². The molecule has 1 aromatic heterocycles. The summed E-state index contributed by atoms with van der Waals surface area (Å²) in [7, 11) is 2.98. The highest BCUT2D eigenvalue weighted by atomic mass is 16.5. The van der Waals surface area contributed by atoms with Crippen LogP contribution in [0.5, 0.6) is 0 Å². The Hall–Kier alpha value is -1.67. The second kappa shape index (κ2) is 6.67. The minimum absolute atomic E-state index is 0.219. The van der Waals surface area contributed by atoms with Crippen molar-refractivity contribution in [1.82, 2.24) is 19.2 Å². The molecule has 20 heavy (non-hydrogen) atoms. The van der Waals surface area contributed by atoms with Crippen LogP contribution in [0, 0.1) is 0 Å². The lowest BCUT2D eigenvalue weighted by molar-refractivity contribution is 0.0378. The molecule has 1 N–H and O–H groups in total. The van der Waals surface area contributed by atoms with Gasteiger partial charge >= 0.3 is 5.69 Å². The molecule has 0 bridgehead atoms. The Morgan fingerprint density at radius 2 is 1.95 bits per heavy atom. The Balaban J connectivity index is 1.85. The zero-order valence-electron chi connectivity index (χ0n) is 12.0. The number of hydrogen-bond acceptors (Lipinski definition) is 6. The molecule has 0 amide bonds. The predicted molar refractivity (Wildman–Crippen MR) is 75.1 cm³/mol. The third kappa shape index (κ3) is 3.45. The molecule has 0 aromatic carbocycles. The number of ether oxygens (including phenoxy) is 1. The van der Waals surface area contributed by atoms with Crippen LogP contribution in [-0.4, -0.2) is 58.6 Å². The Labute approximate surface area is 117 Å². The lowest BCUT2D eigenvalue weighted by Crippen LogP contribution is -2.40. The van der Waals surface area contributed by atoms with E-state index < -0.39 is 5.69 Å². The van der Waals surface area contributed by atoms with Crippen molar-refractivity contribution in [3.8, 4) is 0 Å². The van der Waals surface area contributed by atoms with E-state index in [2.05, 4.69) is 15.3 Å². The molecule has 2 rings (SSSR count). The summed E-state index contributed by atoms with van der Waals surface area (Å²) in [5.41, 5.74) is -0.812. The second-order valence-corrected chi connectivity index (χ2v) is 4.85. The van der Waals surface area contributed by atoms with Crippen molar-refractivity contribution in [2.45, 2.75) is 6.42 Å². The van der Waals surface area contributed by atoms with Crippen LogP contribution in [-0.2, 0) is 18.8 Å². The molecule has 2 heterocycles. The van der Waals surface area contributed by atoms with Gasteiger partial charge in [0.05, 0.1) is 13.2 Å². The van der Waals surface area contributed by atoms with E-state index in [1.54, 1.807) is 0 Å². The molecular weight excluding hydrogens is 262 g/mol. The zero-order valence-corrected chi connectivity index (χ0v) is 12.0. The molecule has 8 heteroatoms. The monoisotopic (exact) mass is 283 g/mol. The van der Waals surface area contributed by atoms with Gasteiger partial charge in [-0.1, -0.05) is 0 Å². The molecule has 1 fully saturated rings. The highest BCUT2D eigenvalue weighted by molar-refractivity contribution is 5.29.